The predicted octanol–water partition coefficient (Wildman–Crippen LogP) is 5.04. The van der Waals surface area contributed by atoms with Crippen LogP contribution in [0.25, 0.3) is 0 Å². The molecule has 1 fully saturated rings. The van der Waals surface area contributed by atoms with Crippen LogP contribution in [0.4, 0.5) is 0 Å². The Morgan fingerprint density at radius 3 is 2.48 bits per heavy atom. The van der Waals surface area contributed by atoms with E-state index in [4.69, 9.17) is 4.43 Å². The summed E-state index contributed by atoms with van der Waals surface area (Å²) in [4.78, 5) is 0. The molecule has 0 amide bonds. The summed E-state index contributed by atoms with van der Waals surface area (Å²) < 4.78 is 6.58. The van der Waals surface area contributed by atoms with Gasteiger partial charge in [0.1, 0.15) is 5.60 Å². The van der Waals surface area contributed by atoms with E-state index in [9.17, 15) is 5.11 Å². The fraction of sp³-hybridized carbons (Fsp3) is 0.889. The second-order valence-electron chi connectivity index (χ2n) is 8.78. The largest absolute Gasteiger partial charge is 0.405 e. The van der Waals surface area contributed by atoms with Crippen molar-refractivity contribution >= 4 is 8.32 Å². The maximum Gasteiger partial charge on any atom is 0.193 e. The molecule has 0 spiro atoms. The summed E-state index contributed by atoms with van der Waals surface area (Å²) in [6.45, 7) is 13.6. The molecule has 0 aromatic rings. The molecule has 122 valence electrons. The summed E-state index contributed by atoms with van der Waals surface area (Å²) in [7, 11) is -1.83. The third-order valence-corrected chi connectivity index (χ3v) is 10.4. The zero-order chi connectivity index (χ0) is 15.9. The molecule has 3 atom stereocenters. The van der Waals surface area contributed by atoms with Crippen LogP contribution in [0.3, 0.4) is 0 Å². The number of fused-ring (bicyclic) bond motifs is 1. The van der Waals surface area contributed by atoms with E-state index in [0.717, 1.165) is 12.8 Å². The molecule has 2 aliphatic rings. The Kier molecular flexibility index (Phi) is 4.52. The van der Waals surface area contributed by atoms with Gasteiger partial charge in [-0.1, -0.05) is 59.1 Å². The second kappa shape index (κ2) is 5.50. The van der Waals surface area contributed by atoms with E-state index in [1.54, 1.807) is 0 Å². The first kappa shape index (κ1) is 17.2. The minimum atomic E-state index is -1.83. The first-order chi connectivity index (χ1) is 9.55. The van der Waals surface area contributed by atoms with Gasteiger partial charge in [-0.05, 0) is 36.9 Å². The number of allylic oxidation sites excluding steroid dienone is 1. The Morgan fingerprint density at radius 1 is 1.29 bits per heavy atom. The summed E-state index contributed by atoms with van der Waals surface area (Å²) in [6, 6.07) is 0. The monoisotopic (exact) mass is 310 g/mol. The number of hydrogen-bond donors (Lipinski definition) is 1. The van der Waals surface area contributed by atoms with Crippen molar-refractivity contribution in [3.05, 3.63) is 12.2 Å². The smallest absolute Gasteiger partial charge is 0.193 e. The van der Waals surface area contributed by atoms with Gasteiger partial charge in [-0.25, -0.2) is 0 Å². The zero-order valence-electron chi connectivity index (χ0n) is 14.8. The Hall–Kier alpha value is -0.123. The molecule has 1 saturated carbocycles. The molecule has 3 heteroatoms. The molecule has 2 aliphatic carbocycles. The topological polar surface area (TPSA) is 29.5 Å². The van der Waals surface area contributed by atoms with Gasteiger partial charge in [0, 0.05) is 6.42 Å². The predicted molar refractivity (Wildman–Crippen MR) is 92.0 cm³/mol. The minimum Gasteiger partial charge on any atom is -0.405 e. The number of aliphatic hydroxyl groups is 1. The van der Waals surface area contributed by atoms with E-state index >= 15 is 0 Å². The average Bonchev–Trinajstić information content (AvgIpc) is 2.91. The van der Waals surface area contributed by atoms with Crippen LogP contribution in [0.1, 0.15) is 66.2 Å². The summed E-state index contributed by atoms with van der Waals surface area (Å²) in [5, 5.41) is 11.1. The molecular weight excluding hydrogens is 276 g/mol. The van der Waals surface area contributed by atoms with Gasteiger partial charge in [0.25, 0.3) is 0 Å². The van der Waals surface area contributed by atoms with Gasteiger partial charge in [-0.2, -0.15) is 0 Å². The van der Waals surface area contributed by atoms with Crippen LogP contribution < -0.4 is 0 Å². The van der Waals surface area contributed by atoms with Crippen molar-refractivity contribution in [1.82, 2.24) is 0 Å². The fourth-order valence-corrected chi connectivity index (χ4v) is 4.82. The lowest BCUT2D eigenvalue weighted by Crippen LogP contribution is -2.47. The highest BCUT2D eigenvalue weighted by Gasteiger charge is 2.70. The van der Waals surface area contributed by atoms with Gasteiger partial charge in [0.2, 0.25) is 0 Å². The molecule has 0 aliphatic heterocycles. The summed E-state index contributed by atoms with van der Waals surface area (Å²) in [5.41, 5.74) is -0.953. The SMILES string of the molecule is CCCCC[C@H]1C=C[C@]2(O[Si](C)(C)C(C)(C)C)C[C@]2(O)C1. The third-order valence-electron chi connectivity index (χ3n) is 5.88. The van der Waals surface area contributed by atoms with Crippen molar-refractivity contribution in [3.63, 3.8) is 0 Å². The standard InChI is InChI=1S/C18H34O2Si/c1-7-8-9-10-15-11-12-18(14-17(18,19)13-15)20-21(5,6)16(2,3)4/h11-12,15,19H,7-10,13-14H2,1-6H3/t15-,17+,18-/m0/s1. The van der Waals surface area contributed by atoms with Crippen LogP contribution >= 0.6 is 0 Å². The third kappa shape index (κ3) is 3.30. The molecule has 0 aromatic heterocycles. The van der Waals surface area contributed by atoms with Gasteiger partial charge in [0.15, 0.2) is 8.32 Å². The molecular formula is C18H34O2Si. The van der Waals surface area contributed by atoms with Gasteiger partial charge in [0.05, 0.1) is 5.60 Å². The molecule has 21 heavy (non-hydrogen) atoms. The lowest BCUT2D eigenvalue weighted by molar-refractivity contribution is 0.0321. The zero-order valence-corrected chi connectivity index (χ0v) is 15.8. The first-order valence-electron chi connectivity index (χ1n) is 8.67. The summed E-state index contributed by atoms with van der Waals surface area (Å²) in [6.07, 6.45) is 11.3. The van der Waals surface area contributed by atoms with E-state index in [-0.39, 0.29) is 10.6 Å². The van der Waals surface area contributed by atoms with Gasteiger partial charge >= 0.3 is 0 Å². The van der Waals surface area contributed by atoms with Crippen molar-refractivity contribution in [2.24, 2.45) is 5.92 Å². The number of hydrogen-bond acceptors (Lipinski definition) is 2. The number of unbranched alkanes of at least 4 members (excludes halogenated alkanes) is 2. The Morgan fingerprint density at radius 2 is 1.95 bits per heavy atom. The highest BCUT2D eigenvalue weighted by Crippen LogP contribution is 2.61. The van der Waals surface area contributed by atoms with Crippen LogP contribution in [-0.2, 0) is 4.43 Å². The molecule has 0 heterocycles. The Balaban J connectivity index is 2.02. The average molecular weight is 311 g/mol. The van der Waals surface area contributed by atoms with Gasteiger partial charge < -0.3 is 9.53 Å². The number of rotatable bonds is 6. The maximum absolute atomic E-state index is 10.9. The van der Waals surface area contributed by atoms with E-state index in [2.05, 4.69) is 52.9 Å². The maximum atomic E-state index is 10.9. The Labute approximate surface area is 132 Å². The molecule has 0 aromatic carbocycles. The molecule has 2 rings (SSSR count). The first-order valence-corrected chi connectivity index (χ1v) is 11.6. The summed E-state index contributed by atoms with van der Waals surface area (Å²) in [5.74, 6) is 0.542. The van der Waals surface area contributed by atoms with Gasteiger partial charge in [-0.15, -0.1) is 0 Å². The van der Waals surface area contributed by atoms with Crippen LogP contribution in [0, 0.1) is 5.92 Å². The molecule has 1 N–H and O–H groups in total. The molecule has 0 radical (unpaired) electrons. The van der Waals surface area contributed by atoms with Crippen molar-refractivity contribution in [1.29, 1.82) is 0 Å². The lowest BCUT2D eigenvalue weighted by Gasteiger charge is -2.41. The molecule has 0 unspecified atom stereocenters. The second-order valence-corrected chi connectivity index (χ2v) is 13.5. The minimum absolute atomic E-state index is 0.192. The highest BCUT2D eigenvalue weighted by atomic mass is 28.4. The summed E-state index contributed by atoms with van der Waals surface area (Å²) >= 11 is 0. The molecule has 0 saturated heterocycles. The van der Waals surface area contributed by atoms with Crippen LogP contribution in [0.5, 0.6) is 0 Å². The van der Waals surface area contributed by atoms with E-state index in [1.807, 2.05) is 0 Å². The van der Waals surface area contributed by atoms with Crippen LogP contribution in [0.2, 0.25) is 18.1 Å². The molecule has 0 bridgehead atoms. The lowest BCUT2D eigenvalue weighted by atomic mass is 9.88. The van der Waals surface area contributed by atoms with Crippen molar-refractivity contribution in [2.45, 2.75) is 95.6 Å². The Bertz CT molecular complexity index is 410. The normalized spacial score (nSPS) is 35.7. The van der Waals surface area contributed by atoms with E-state index in [0.29, 0.717) is 5.92 Å². The van der Waals surface area contributed by atoms with Crippen molar-refractivity contribution < 1.29 is 9.53 Å². The highest BCUT2D eigenvalue weighted by molar-refractivity contribution is 6.74. The molecule has 2 nitrogen and oxygen atoms in total. The van der Waals surface area contributed by atoms with Crippen LogP contribution in [-0.4, -0.2) is 24.6 Å². The van der Waals surface area contributed by atoms with E-state index in [1.165, 1.54) is 25.7 Å². The van der Waals surface area contributed by atoms with E-state index < -0.39 is 13.9 Å². The van der Waals surface area contributed by atoms with Crippen molar-refractivity contribution in [3.8, 4) is 0 Å². The van der Waals surface area contributed by atoms with Crippen molar-refractivity contribution in [2.75, 3.05) is 0 Å². The fourth-order valence-electron chi connectivity index (χ4n) is 3.27. The quantitative estimate of drug-likeness (QED) is 0.423. The van der Waals surface area contributed by atoms with Gasteiger partial charge in [-0.3, -0.25) is 0 Å². The van der Waals surface area contributed by atoms with Crippen LogP contribution in [0.15, 0.2) is 12.2 Å².